The second-order valence-electron chi connectivity index (χ2n) is 8.45. The maximum absolute atomic E-state index is 6.59. The molecule has 0 amide bonds. The molecule has 1 saturated carbocycles. The van der Waals surface area contributed by atoms with E-state index in [9.17, 15) is 0 Å². The molecule has 0 spiro atoms. The minimum Gasteiger partial charge on any atom is -0.382 e. The van der Waals surface area contributed by atoms with Gasteiger partial charge in [0.05, 0.1) is 13.8 Å². The van der Waals surface area contributed by atoms with Crippen molar-refractivity contribution in [2.24, 2.45) is 5.92 Å². The van der Waals surface area contributed by atoms with E-state index < -0.39 is 8.07 Å². The molecular formula is C20H42OSi. The molecule has 1 fully saturated rings. The van der Waals surface area contributed by atoms with Crippen LogP contribution in [0.2, 0.25) is 16.6 Å². The largest absolute Gasteiger partial charge is 0.382 e. The molecule has 1 aliphatic carbocycles. The maximum atomic E-state index is 6.59. The molecule has 0 N–H and O–H groups in total. The molecule has 1 atom stereocenters. The van der Waals surface area contributed by atoms with E-state index in [1.165, 1.54) is 44.9 Å². The quantitative estimate of drug-likeness (QED) is 0.459. The Balaban J connectivity index is 3.15. The van der Waals surface area contributed by atoms with E-state index in [0.29, 0.717) is 5.73 Å². The summed E-state index contributed by atoms with van der Waals surface area (Å²) in [5, 5.41) is 0. The van der Waals surface area contributed by atoms with E-state index in [1.54, 1.807) is 0 Å². The minimum absolute atomic E-state index is 0.565. The van der Waals surface area contributed by atoms with Crippen LogP contribution >= 0.6 is 0 Å². The number of hydrogen-bond acceptors (Lipinski definition) is 1. The molecule has 0 aromatic rings. The van der Waals surface area contributed by atoms with Crippen LogP contribution in [-0.4, -0.2) is 20.4 Å². The molecule has 1 aliphatic rings. The first-order chi connectivity index (χ1) is 10.4. The van der Waals surface area contributed by atoms with Crippen molar-refractivity contribution < 1.29 is 4.74 Å². The summed E-state index contributed by atoms with van der Waals surface area (Å²) in [6.45, 7) is 18.0. The Hall–Kier alpha value is 0.177. The first kappa shape index (κ1) is 20.2. The summed E-state index contributed by atoms with van der Waals surface area (Å²) in [6.07, 6.45) is 9.99. The van der Waals surface area contributed by atoms with E-state index >= 15 is 0 Å². The SMILES string of the molecule is CCOC(C1CCCCCCC1)[Si](C(C)C)(C(C)C)C(C)C. The van der Waals surface area contributed by atoms with Gasteiger partial charge in [-0.25, -0.2) is 0 Å². The van der Waals surface area contributed by atoms with Gasteiger partial charge in [-0.05, 0) is 42.3 Å². The molecule has 0 heterocycles. The smallest absolute Gasteiger partial charge is 0.0955 e. The van der Waals surface area contributed by atoms with Crippen LogP contribution in [0.5, 0.6) is 0 Å². The Kier molecular flexibility index (Phi) is 8.70. The topological polar surface area (TPSA) is 9.23 Å². The Labute approximate surface area is 141 Å². The molecule has 132 valence electrons. The first-order valence-corrected chi connectivity index (χ1v) is 12.3. The highest BCUT2D eigenvalue weighted by Gasteiger charge is 2.51. The van der Waals surface area contributed by atoms with E-state index in [1.807, 2.05) is 0 Å². The van der Waals surface area contributed by atoms with Crippen molar-refractivity contribution in [1.29, 1.82) is 0 Å². The van der Waals surface area contributed by atoms with Gasteiger partial charge in [-0.3, -0.25) is 0 Å². The predicted molar refractivity (Wildman–Crippen MR) is 102 cm³/mol. The fourth-order valence-electron chi connectivity index (χ4n) is 5.64. The van der Waals surface area contributed by atoms with Crippen molar-refractivity contribution in [3.63, 3.8) is 0 Å². The summed E-state index contributed by atoms with van der Waals surface area (Å²) in [7, 11) is -1.53. The predicted octanol–water partition coefficient (Wildman–Crippen LogP) is 6.97. The normalized spacial score (nSPS) is 20.5. The van der Waals surface area contributed by atoms with Gasteiger partial charge in [-0.1, -0.05) is 73.6 Å². The summed E-state index contributed by atoms with van der Waals surface area (Å²) in [5.41, 5.74) is 2.97. The van der Waals surface area contributed by atoms with Crippen molar-refractivity contribution in [2.45, 2.75) is 116 Å². The molecule has 0 radical (unpaired) electrons. The fourth-order valence-corrected chi connectivity index (χ4v) is 13.2. The van der Waals surface area contributed by atoms with Crippen molar-refractivity contribution in [3.05, 3.63) is 0 Å². The van der Waals surface area contributed by atoms with Gasteiger partial charge in [-0.2, -0.15) is 0 Å². The molecule has 1 nitrogen and oxygen atoms in total. The van der Waals surface area contributed by atoms with E-state index in [0.717, 1.165) is 29.1 Å². The van der Waals surface area contributed by atoms with Crippen LogP contribution in [0, 0.1) is 5.92 Å². The minimum atomic E-state index is -1.53. The third-order valence-electron chi connectivity index (χ3n) is 6.42. The zero-order chi connectivity index (χ0) is 16.8. The lowest BCUT2D eigenvalue weighted by atomic mass is 9.91. The summed E-state index contributed by atoms with van der Waals surface area (Å²) in [6, 6.07) is 0. The first-order valence-electron chi connectivity index (χ1n) is 10.0. The van der Waals surface area contributed by atoms with E-state index in [2.05, 4.69) is 48.5 Å². The van der Waals surface area contributed by atoms with Gasteiger partial charge >= 0.3 is 0 Å². The molecular weight excluding hydrogens is 284 g/mol. The Bertz CT molecular complexity index is 268. The molecule has 0 saturated heterocycles. The molecule has 0 aromatic heterocycles. The Morgan fingerprint density at radius 2 is 1.18 bits per heavy atom. The van der Waals surface area contributed by atoms with E-state index in [-0.39, 0.29) is 0 Å². The van der Waals surface area contributed by atoms with Gasteiger partial charge in [0.15, 0.2) is 0 Å². The van der Waals surface area contributed by atoms with Gasteiger partial charge in [0.1, 0.15) is 0 Å². The Morgan fingerprint density at radius 1 is 0.773 bits per heavy atom. The summed E-state index contributed by atoms with van der Waals surface area (Å²) < 4.78 is 6.59. The average Bonchev–Trinajstić information content (AvgIpc) is 2.37. The lowest BCUT2D eigenvalue weighted by Gasteiger charge is -2.51. The lowest BCUT2D eigenvalue weighted by molar-refractivity contribution is 0.0541. The Morgan fingerprint density at radius 3 is 1.55 bits per heavy atom. The molecule has 22 heavy (non-hydrogen) atoms. The number of hydrogen-bond donors (Lipinski definition) is 0. The van der Waals surface area contributed by atoms with Crippen LogP contribution in [0.1, 0.15) is 93.4 Å². The van der Waals surface area contributed by atoms with Gasteiger partial charge < -0.3 is 4.74 Å². The van der Waals surface area contributed by atoms with Crippen LogP contribution in [0.25, 0.3) is 0 Å². The van der Waals surface area contributed by atoms with Crippen molar-refractivity contribution in [2.75, 3.05) is 6.61 Å². The molecule has 0 aromatic carbocycles. The van der Waals surface area contributed by atoms with Gasteiger partial charge in [-0.15, -0.1) is 0 Å². The maximum Gasteiger partial charge on any atom is 0.0955 e. The summed E-state index contributed by atoms with van der Waals surface area (Å²) >= 11 is 0. The standard InChI is InChI=1S/C20H42OSi/c1-8-21-20(19-14-12-10-9-11-13-15-19)22(16(2)3,17(4)5)18(6)7/h16-20H,8-15H2,1-7H3. The highest BCUT2D eigenvalue weighted by atomic mass is 28.3. The summed E-state index contributed by atoms with van der Waals surface area (Å²) in [4.78, 5) is 0. The van der Waals surface area contributed by atoms with Crippen LogP contribution in [-0.2, 0) is 4.74 Å². The van der Waals surface area contributed by atoms with E-state index in [4.69, 9.17) is 4.74 Å². The average molecular weight is 327 g/mol. The molecule has 1 rings (SSSR count). The van der Waals surface area contributed by atoms with Crippen LogP contribution in [0.15, 0.2) is 0 Å². The second kappa shape index (κ2) is 9.47. The van der Waals surface area contributed by atoms with Crippen molar-refractivity contribution >= 4 is 8.07 Å². The third-order valence-corrected chi connectivity index (χ3v) is 14.0. The molecule has 2 heteroatoms. The number of rotatable bonds is 7. The lowest BCUT2D eigenvalue weighted by Crippen LogP contribution is -2.59. The molecule has 1 unspecified atom stereocenters. The highest BCUT2D eigenvalue weighted by molar-refractivity contribution is 6.84. The van der Waals surface area contributed by atoms with Crippen LogP contribution < -0.4 is 0 Å². The van der Waals surface area contributed by atoms with Crippen molar-refractivity contribution in [1.82, 2.24) is 0 Å². The van der Waals surface area contributed by atoms with Crippen LogP contribution in [0.4, 0.5) is 0 Å². The van der Waals surface area contributed by atoms with Gasteiger partial charge in [0.25, 0.3) is 0 Å². The zero-order valence-corrected chi connectivity index (χ0v) is 17.5. The highest BCUT2D eigenvalue weighted by Crippen LogP contribution is 2.48. The number of ether oxygens (including phenoxy) is 1. The molecule has 0 bridgehead atoms. The fraction of sp³-hybridized carbons (Fsp3) is 1.00. The summed E-state index contributed by atoms with van der Waals surface area (Å²) in [5.74, 6) is 0.819. The van der Waals surface area contributed by atoms with Gasteiger partial charge in [0, 0.05) is 6.61 Å². The second-order valence-corrected chi connectivity index (χ2v) is 14.5. The monoisotopic (exact) mass is 326 g/mol. The third kappa shape index (κ3) is 4.38. The van der Waals surface area contributed by atoms with Crippen molar-refractivity contribution in [3.8, 4) is 0 Å². The molecule has 0 aliphatic heterocycles. The van der Waals surface area contributed by atoms with Gasteiger partial charge in [0.2, 0.25) is 0 Å². The zero-order valence-electron chi connectivity index (χ0n) is 16.5. The van der Waals surface area contributed by atoms with Crippen LogP contribution in [0.3, 0.4) is 0 Å².